The summed E-state index contributed by atoms with van der Waals surface area (Å²) >= 11 is 0. The molecule has 0 aromatic heterocycles. The summed E-state index contributed by atoms with van der Waals surface area (Å²) in [5, 5.41) is 9.57. The maximum atomic E-state index is 12.4. The second-order valence-corrected chi connectivity index (χ2v) is 3.27. The van der Waals surface area contributed by atoms with Gasteiger partial charge in [-0.15, -0.1) is 11.8 Å². The minimum absolute atomic E-state index is 0.137. The number of benzene rings is 1. The molecular formula is C12H11F3O. The Morgan fingerprint density at radius 2 is 2.06 bits per heavy atom. The van der Waals surface area contributed by atoms with E-state index in [2.05, 4.69) is 11.8 Å². The average molecular weight is 228 g/mol. The highest BCUT2D eigenvalue weighted by Crippen LogP contribution is 2.31. The molecule has 0 spiro atoms. The Morgan fingerprint density at radius 3 is 2.62 bits per heavy atom. The van der Waals surface area contributed by atoms with Gasteiger partial charge in [-0.25, -0.2) is 0 Å². The van der Waals surface area contributed by atoms with E-state index in [0.717, 1.165) is 12.1 Å². The van der Waals surface area contributed by atoms with Gasteiger partial charge in [-0.1, -0.05) is 12.1 Å². The van der Waals surface area contributed by atoms with Crippen molar-refractivity contribution < 1.29 is 18.3 Å². The van der Waals surface area contributed by atoms with Crippen LogP contribution in [-0.4, -0.2) is 5.11 Å². The van der Waals surface area contributed by atoms with Crippen molar-refractivity contribution in [1.82, 2.24) is 0 Å². The Bertz CT molecular complexity index is 412. The Morgan fingerprint density at radius 1 is 1.38 bits per heavy atom. The highest BCUT2D eigenvalue weighted by atomic mass is 19.4. The van der Waals surface area contributed by atoms with E-state index in [0.29, 0.717) is 0 Å². The van der Waals surface area contributed by atoms with Crippen molar-refractivity contribution in [2.24, 2.45) is 0 Å². The Balaban J connectivity index is 2.93. The monoisotopic (exact) mass is 228 g/mol. The largest absolute Gasteiger partial charge is 0.416 e. The first-order valence-corrected chi connectivity index (χ1v) is 4.70. The van der Waals surface area contributed by atoms with Crippen molar-refractivity contribution in [2.75, 3.05) is 0 Å². The van der Waals surface area contributed by atoms with Gasteiger partial charge in [0.1, 0.15) is 0 Å². The maximum Gasteiger partial charge on any atom is 0.416 e. The van der Waals surface area contributed by atoms with Gasteiger partial charge in [0.25, 0.3) is 0 Å². The summed E-state index contributed by atoms with van der Waals surface area (Å²) in [5.74, 6) is 5.20. The lowest BCUT2D eigenvalue weighted by Gasteiger charge is -2.11. The van der Waals surface area contributed by atoms with Crippen molar-refractivity contribution in [2.45, 2.75) is 25.6 Å². The van der Waals surface area contributed by atoms with E-state index in [1.54, 1.807) is 6.92 Å². The van der Waals surface area contributed by atoms with E-state index in [9.17, 15) is 18.3 Å². The van der Waals surface area contributed by atoms with E-state index < -0.39 is 17.8 Å². The van der Waals surface area contributed by atoms with Gasteiger partial charge in [0, 0.05) is 6.42 Å². The number of alkyl halides is 3. The molecule has 16 heavy (non-hydrogen) atoms. The Labute approximate surface area is 91.9 Å². The van der Waals surface area contributed by atoms with E-state index in [1.165, 1.54) is 12.1 Å². The van der Waals surface area contributed by atoms with Crippen LogP contribution in [-0.2, 0) is 6.18 Å². The van der Waals surface area contributed by atoms with Crippen LogP contribution in [0.3, 0.4) is 0 Å². The number of aliphatic hydroxyl groups is 1. The summed E-state index contributed by atoms with van der Waals surface area (Å²) in [6.45, 7) is 1.61. The summed E-state index contributed by atoms with van der Waals surface area (Å²) in [4.78, 5) is 0. The molecule has 86 valence electrons. The van der Waals surface area contributed by atoms with Crippen molar-refractivity contribution in [3.63, 3.8) is 0 Å². The molecule has 0 aliphatic carbocycles. The number of aliphatic hydroxyl groups excluding tert-OH is 1. The molecule has 0 amide bonds. The number of rotatable bonds is 2. The van der Waals surface area contributed by atoms with Crippen LogP contribution in [0.25, 0.3) is 0 Å². The number of halogens is 3. The molecule has 1 N–H and O–H groups in total. The first-order chi connectivity index (χ1) is 7.45. The van der Waals surface area contributed by atoms with Crippen LogP contribution in [0.15, 0.2) is 24.3 Å². The Hall–Kier alpha value is -1.47. The SMILES string of the molecule is CC#CCC(O)c1cccc(C(F)(F)F)c1. The molecule has 1 atom stereocenters. The molecule has 0 radical (unpaired) electrons. The summed E-state index contributed by atoms with van der Waals surface area (Å²) in [7, 11) is 0. The third-order valence-electron chi connectivity index (χ3n) is 2.07. The molecule has 0 bridgehead atoms. The number of hydrogen-bond acceptors (Lipinski definition) is 1. The summed E-state index contributed by atoms with van der Waals surface area (Å²) in [5.41, 5.74) is -0.522. The lowest BCUT2D eigenvalue weighted by molar-refractivity contribution is -0.137. The quantitative estimate of drug-likeness (QED) is 0.771. The van der Waals surface area contributed by atoms with Gasteiger partial charge in [-0.05, 0) is 24.6 Å². The zero-order chi connectivity index (χ0) is 12.2. The van der Waals surface area contributed by atoms with Gasteiger partial charge in [0.15, 0.2) is 0 Å². The average Bonchev–Trinajstić information content (AvgIpc) is 2.25. The van der Waals surface area contributed by atoms with Gasteiger partial charge < -0.3 is 5.11 Å². The van der Waals surface area contributed by atoms with E-state index in [1.807, 2.05) is 0 Å². The molecule has 1 unspecified atom stereocenters. The molecule has 1 aromatic carbocycles. The molecule has 0 saturated carbocycles. The topological polar surface area (TPSA) is 20.2 Å². The molecule has 1 rings (SSSR count). The van der Waals surface area contributed by atoms with E-state index in [-0.39, 0.29) is 12.0 Å². The molecule has 0 heterocycles. The minimum atomic E-state index is -4.38. The van der Waals surface area contributed by atoms with Gasteiger partial charge in [0.05, 0.1) is 11.7 Å². The molecule has 1 aromatic rings. The first-order valence-electron chi connectivity index (χ1n) is 4.70. The summed E-state index contributed by atoms with van der Waals surface area (Å²) in [6, 6.07) is 4.65. The van der Waals surface area contributed by atoms with Crippen molar-refractivity contribution in [3.8, 4) is 11.8 Å². The highest BCUT2D eigenvalue weighted by molar-refractivity contribution is 5.27. The van der Waals surface area contributed by atoms with Crippen LogP contribution >= 0.6 is 0 Å². The van der Waals surface area contributed by atoms with Crippen LogP contribution < -0.4 is 0 Å². The molecular weight excluding hydrogens is 217 g/mol. The normalized spacial score (nSPS) is 12.8. The van der Waals surface area contributed by atoms with Gasteiger partial charge in [-0.2, -0.15) is 13.2 Å². The van der Waals surface area contributed by atoms with Crippen LogP contribution in [0.1, 0.15) is 30.6 Å². The fourth-order valence-electron chi connectivity index (χ4n) is 1.24. The summed E-state index contributed by atoms with van der Waals surface area (Å²) < 4.78 is 37.1. The lowest BCUT2D eigenvalue weighted by atomic mass is 10.0. The van der Waals surface area contributed by atoms with Gasteiger partial charge >= 0.3 is 6.18 Å². The third kappa shape index (κ3) is 3.28. The van der Waals surface area contributed by atoms with Crippen LogP contribution in [0.4, 0.5) is 13.2 Å². The summed E-state index contributed by atoms with van der Waals surface area (Å²) in [6.07, 6.45) is -5.22. The predicted octanol–water partition coefficient (Wildman–Crippen LogP) is 3.15. The molecule has 0 saturated heterocycles. The predicted molar refractivity (Wildman–Crippen MR) is 54.5 cm³/mol. The highest BCUT2D eigenvalue weighted by Gasteiger charge is 2.30. The number of hydrogen-bond donors (Lipinski definition) is 1. The van der Waals surface area contributed by atoms with Crippen LogP contribution in [0.2, 0.25) is 0 Å². The first kappa shape index (κ1) is 12.6. The van der Waals surface area contributed by atoms with E-state index >= 15 is 0 Å². The fraction of sp³-hybridized carbons (Fsp3) is 0.333. The maximum absolute atomic E-state index is 12.4. The zero-order valence-corrected chi connectivity index (χ0v) is 8.67. The van der Waals surface area contributed by atoms with Crippen LogP contribution in [0.5, 0.6) is 0 Å². The van der Waals surface area contributed by atoms with Crippen molar-refractivity contribution in [1.29, 1.82) is 0 Å². The molecule has 0 aliphatic rings. The standard InChI is InChI=1S/C12H11F3O/c1-2-3-7-11(16)9-5-4-6-10(8-9)12(13,14)15/h4-6,8,11,16H,7H2,1H3. The van der Waals surface area contributed by atoms with Gasteiger partial charge in [0.2, 0.25) is 0 Å². The lowest BCUT2D eigenvalue weighted by Crippen LogP contribution is -2.06. The van der Waals surface area contributed by atoms with Gasteiger partial charge in [-0.3, -0.25) is 0 Å². The van der Waals surface area contributed by atoms with Crippen molar-refractivity contribution in [3.05, 3.63) is 35.4 Å². The fourth-order valence-corrected chi connectivity index (χ4v) is 1.24. The van der Waals surface area contributed by atoms with E-state index in [4.69, 9.17) is 0 Å². The molecule has 4 heteroatoms. The minimum Gasteiger partial charge on any atom is -0.387 e. The van der Waals surface area contributed by atoms with Crippen molar-refractivity contribution >= 4 is 0 Å². The Kier molecular flexibility index (Phi) is 3.97. The third-order valence-corrected chi connectivity index (χ3v) is 2.07. The second kappa shape index (κ2) is 5.04. The smallest absolute Gasteiger partial charge is 0.387 e. The molecule has 1 nitrogen and oxygen atoms in total. The van der Waals surface area contributed by atoms with Crippen LogP contribution in [0, 0.1) is 11.8 Å². The molecule has 0 aliphatic heterocycles. The molecule has 0 fully saturated rings. The zero-order valence-electron chi connectivity index (χ0n) is 8.67. The second-order valence-electron chi connectivity index (χ2n) is 3.27.